The summed E-state index contributed by atoms with van der Waals surface area (Å²) in [6.45, 7) is 0. The fourth-order valence-corrected chi connectivity index (χ4v) is 0.707. The van der Waals surface area contributed by atoms with E-state index in [4.69, 9.17) is 0 Å². The van der Waals surface area contributed by atoms with Crippen LogP contribution in [-0.2, 0) is 0 Å². The van der Waals surface area contributed by atoms with Gasteiger partial charge in [-0.05, 0) is 0 Å². The Balaban J connectivity index is 3.46. The van der Waals surface area contributed by atoms with E-state index in [2.05, 4.69) is 12.6 Å². The van der Waals surface area contributed by atoms with E-state index < -0.39 is 28.2 Å². The molecule has 1 radical (unpaired) electrons. The largest absolute Gasteiger partial charge is 0.203 e. The number of hydrogen-bond acceptors (Lipinski definition) is 1. The monoisotopic (exact) mass is 181 g/mol. The van der Waals surface area contributed by atoms with Crippen LogP contribution in [0.4, 0.5) is 17.6 Å². The molecule has 0 aromatic heterocycles. The van der Waals surface area contributed by atoms with Crippen molar-refractivity contribution in [2.75, 3.05) is 0 Å². The van der Waals surface area contributed by atoms with Crippen LogP contribution in [0.1, 0.15) is 0 Å². The first-order chi connectivity index (χ1) is 5.04. The Morgan fingerprint density at radius 2 is 1.45 bits per heavy atom. The van der Waals surface area contributed by atoms with Crippen LogP contribution in [0.25, 0.3) is 0 Å². The highest BCUT2D eigenvalue weighted by molar-refractivity contribution is 7.80. The summed E-state index contributed by atoms with van der Waals surface area (Å²) >= 11 is 3.31. The number of thiol groups is 1. The number of benzene rings is 1. The average molecular weight is 181 g/mol. The molecule has 1 aromatic rings. The van der Waals surface area contributed by atoms with Gasteiger partial charge in [-0.3, -0.25) is 0 Å². The van der Waals surface area contributed by atoms with Crippen molar-refractivity contribution in [2.45, 2.75) is 4.90 Å². The van der Waals surface area contributed by atoms with Crippen LogP contribution in [-0.4, -0.2) is 0 Å². The summed E-state index contributed by atoms with van der Waals surface area (Å²) in [6, 6.07) is 1.56. The van der Waals surface area contributed by atoms with Gasteiger partial charge in [0.05, 0.1) is 4.90 Å². The van der Waals surface area contributed by atoms with Crippen LogP contribution in [0, 0.1) is 29.3 Å². The van der Waals surface area contributed by atoms with Gasteiger partial charge in [0.15, 0.2) is 23.3 Å². The van der Waals surface area contributed by atoms with Gasteiger partial charge in [-0.15, -0.1) is 12.6 Å². The fourth-order valence-electron chi connectivity index (χ4n) is 0.510. The highest BCUT2D eigenvalue weighted by Gasteiger charge is 2.16. The van der Waals surface area contributed by atoms with E-state index in [1.165, 1.54) is 0 Å². The van der Waals surface area contributed by atoms with Crippen molar-refractivity contribution < 1.29 is 17.6 Å². The molecule has 0 spiro atoms. The summed E-state index contributed by atoms with van der Waals surface area (Å²) in [7, 11) is 0. The molecule has 0 bridgehead atoms. The maximum absolute atomic E-state index is 12.3. The van der Waals surface area contributed by atoms with E-state index in [1.807, 2.05) is 0 Å². The van der Waals surface area contributed by atoms with Crippen LogP contribution in [0.5, 0.6) is 0 Å². The first-order valence-corrected chi connectivity index (χ1v) is 2.93. The third kappa shape index (κ3) is 1.33. The Kier molecular flexibility index (Phi) is 2.08. The number of halogens is 4. The maximum atomic E-state index is 12.3. The second kappa shape index (κ2) is 2.73. The average Bonchev–Trinajstić information content (AvgIpc) is 1.97. The molecule has 11 heavy (non-hydrogen) atoms. The third-order valence-electron chi connectivity index (χ3n) is 1.01. The van der Waals surface area contributed by atoms with Gasteiger partial charge in [-0.2, -0.15) is 0 Å². The lowest BCUT2D eigenvalue weighted by molar-refractivity contribution is 0.397. The van der Waals surface area contributed by atoms with Crippen LogP contribution in [0.2, 0.25) is 0 Å². The molecular weight excluding hydrogens is 180 g/mol. The molecule has 0 nitrogen and oxygen atoms in total. The Morgan fingerprint density at radius 1 is 0.909 bits per heavy atom. The van der Waals surface area contributed by atoms with Crippen molar-refractivity contribution >= 4 is 12.6 Å². The van der Waals surface area contributed by atoms with Crippen molar-refractivity contribution in [3.63, 3.8) is 0 Å². The molecule has 0 atom stereocenters. The molecule has 0 saturated heterocycles. The predicted octanol–water partition coefficient (Wildman–Crippen LogP) is 2.33. The second-order valence-electron chi connectivity index (χ2n) is 1.73. The lowest BCUT2D eigenvalue weighted by Gasteiger charge is -1.97. The maximum Gasteiger partial charge on any atom is 0.198 e. The van der Waals surface area contributed by atoms with E-state index in [0.717, 1.165) is 0 Å². The third-order valence-corrected chi connectivity index (χ3v) is 1.32. The molecule has 1 rings (SSSR count). The minimum absolute atomic E-state index is 0.679. The molecule has 0 aliphatic rings. The van der Waals surface area contributed by atoms with Crippen LogP contribution in [0.15, 0.2) is 4.90 Å². The lowest BCUT2D eigenvalue weighted by atomic mass is 10.3. The zero-order valence-electron chi connectivity index (χ0n) is 4.96. The van der Waals surface area contributed by atoms with Gasteiger partial charge in [0.25, 0.3) is 0 Å². The molecule has 0 saturated carbocycles. The first-order valence-electron chi connectivity index (χ1n) is 2.48. The van der Waals surface area contributed by atoms with Crippen LogP contribution < -0.4 is 0 Å². The minimum atomic E-state index is -1.87. The van der Waals surface area contributed by atoms with E-state index in [9.17, 15) is 17.6 Å². The van der Waals surface area contributed by atoms with Gasteiger partial charge < -0.3 is 0 Å². The molecule has 0 heterocycles. The molecule has 0 aliphatic carbocycles. The van der Waals surface area contributed by atoms with Crippen molar-refractivity contribution in [3.8, 4) is 0 Å². The summed E-state index contributed by atoms with van der Waals surface area (Å²) in [6.07, 6.45) is 0. The second-order valence-corrected chi connectivity index (χ2v) is 2.18. The van der Waals surface area contributed by atoms with Gasteiger partial charge in [-0.25, -0.2) is 17.6 Å². The Morgan fingerprint density at radius 3 is 2.00 bits per heavy atom. The molecule has 0 N–H and O–H groups in total. The summed E-state index contributed by atoms with van der Waals surface area (Å²) in [5.74, 6) is -6.85. The lowest BCUT2D eigenvalue weighted by Crippen LogP contribution is -1.96. The molecule has 0 aliphatic heterocycles. The highest BCUT2D eigenvalue weighted by Crippen LogP contribution is 2.19. The van der Waals surface area contributed by atoms with Crippen molar-refractivity contribution in [2.24, 2.45) is 0 Å². The van der Waals surface area contributed by atoms with Crippen LogP contribution in [0.3, 0.4) is 0 Å². The quantitative estimate of drug-likeness (QED) is 0.270. The van der Waals surface area contributed by atoms with Gasteiger partial charge in [0.2, 0.25) is 0 Å². The highest BCUT2D eigenvalue weighted by atomic mass is 32.1. The molecule has 0 fully saturated rings. The van der Waals surface area contributed by atoms with Gasteiger partial charge in [-0.1, -0.05) is 0 Å². The normalized spacial score (nSPS) is 10.3. The molecule has 0 amide bonds. The van der Waals surface area contributed by atoms with E-state index >= 15 is 0 Å². The molecule has 1 aromatic carbocycles. The SMILES string of the molecule is Fc1[c]c(S)c(F)c(F)c1F. The van der Waals surface area contributed by atoms with Gasteiger partial charge in [0.1, 0.15) is 0 Å². The summed E-state index contributed by atoms with van der Waals surface area (Å²) < 4.78 is 48.7. The van der Waals surface area contributed by atoms with Gasteiger partial charge in [0, 0.05) is 6.07 Å². The predicted molar refractivity (Wildman–Crippen MR) is 32.4 cm³/mol. The van der Waals surface area contributed by atoms with Crippen LogP contribution >= 0.6 is 12.6 Å². The smallest absolute Gasteiger partial charge is 0.198 e. The number of rotatable bonds is 0. The minimum Gasteiger partial charge on any atom is -0.203 e. The van der Waals surface area contributed by atoms with Crippen molar-refractivity contribution in [3.05, 3.63) is 29.3 Å². The molecular formula is C6HF4S. The Hall–Kier alpha value is -0.710. The fraction of sp³-hybridized carbons (Fsp3) is 0. The molecule has 59 valence electrons. The molecule has 0 unspecified atom stereocenters. The number of hydrogen-bond donors (Lipinski definition) is 1. The first kappa shape index (κ1) is 8.39. The Bertz CT molecular complexity index is 271. The van der Waals surface area contributed by atoms with E-state index in [-0.39, 0.29) is 0 Å². The topological polar surface area (TPSA) is 0 Å². The zero-order valence-corrected chi connectivity index (χ0v) is 5.85. The standard InChI is InChI=1S/C6HF4S/c7-2-1-3(11)5(9)6(10)4(2)8/h11H. The van der Waals surface area contributed by atoms with Gasteiger partial charge >= 0.3 is 0 Å². The van der Waals surface area contributed by atoms with E-state index in [0.29, 0.717) is 0 Å². The van der Waals surface area contributed by atoms with E-state index in [1.54, 1.807) is 6.07 Å². The molecule has 5 heteroatoms. The summed E-state index contributed by atoms with van der Waals surface area (Å²) in [5.41, 5.74) is 0. The summed E-state index contributed by atoms with van der Waals surface area (Å²) in [5, 5.41) is 0. The zero-order chi connectivity index (χ0) is 8.59. The van der Waals surface area contributed by atoms with Crippen molar-refractivity contribution in [1.29, 1.82) is 0 Å². The van der Waals surface area contributed by atoms with Crippen molar-refractivity contribution in [1.82, 2.24) is 0 Å². The Labute approximate surface area is 65.2 Å². The summed E-state index contributed by atoms with van der Waals surface area (Å²) in [4.78, 5) is -0.679.